The summed E-state index contributed by atoms with van der Waals surface area (Å²) in [6.07, 6.45) is 5.44. The summed E-state index contributed by atoms with van der Waals surface area (Å²) in [4.78, 5) is 26.2. The fourth-order valence-corrected chi connectivity index (χ4v) is 6.31. The van der Waals surface area contributed by atoms with Gasteiger partial charge in [0, 0.05) is 43.9 Å². The zero-order valence-electron chi connectivity index (χ0n) is 22.0. The average molecular weight is 493 g/mol. The van der Waals surface area contributed by atoms with Gasteiger partial charge in [-0.25, -0.2) is 15.4 Å². The van der Waals surface area contributed by atoms with E-state index in [4.69, 9.17) is 9.72 Å². The molecule has 0 spiro atoms. The molecule has 2 saturated heterocycles. The van der Waals surface area contributed by atoms with Crippen molar-refractivity contribution in [3.05, 3.63) is 53.5 Å². The smallest absolute Gasteiger partial charge is 0.253 e. The summed E-state index contributed by atoms with van der Waals surface area (Å²) in [6.45, 7) is 11.4. The number of fused-ring (bicyclic) bond motifs is 1. The highest BCUT2D eigenvalue weighted by Gasteiger charge is 2.42. The van der Waals surface area contributed by atoms with E-state index in [1.165, 1.54) is 5.56 Å². The summed E-state index contributed by atoms with van der Waals surface area (Å²) in [5, 5.41) is 0. The summed E-state index contributed by atoms with van der Waals surface area (Å²) in [7, 11) is 0. The number of aromatic nitrogens is 2. The van der Waals surface area contributed by atoms with Gasteiger partial charge in [0.2, 0.25) is 0 Å². The number of nitrogens with zero attached hydrogens (tertiary/aromatic N) is 4. The predicted molar refractivity (Wildman–Crippen MR) is 141 cm³/mol. The number of nitrogens with one attached hydrogen (secondary N) is 2. The van der Waals surface area contributed by atoms with Crippen molar-refractivity contribution < 1.29 is 9.53 Å². The molecule has 1 aromatic heterocycles. The Labute approximate surface area is 214 Å². The maximum atomic E-state index is 12.7. The largest absolute Gasteiger partial charge is 0.372 e. The number of ether oxygens (including phenoxy) is 1. The van der Waals surface area contributed by atoms with Gasteiger partial charge in [0.25, 0.3) is 5.91 Å². The van der Waals surface area contributed by atoms with Crippen LogP contribution in [0.15, 0.2) is 36.7 Å². The van der Waals surface area contributed by atoms with E-state index in [0.29, 0.717) is 17.9 Å². The fraction of sp³-hybridized carbons (Fsp3) is 0.607. The van der Waals surface area contributed by atoms with Crippen molar-refractivity contribution in [1.29, 1.82) is 0 Å². The summed E-state index contributed by atoms with van der Waals surface area (Å²) < 4.78 is 5.91. The highest BCUT2D eigenvalue weighted by molar-refractivity contribution is 5.94. The molecule has 6 atom stereocenters. The van der Waals surface area contributed by atoms with Crippen LogP contribution < -0.4 is 15.8 Å². The molecule has 3 fully saturated rings. The molecule has 0 radical (unpaired) electrons. The van der Waals surface area contributed by atoms with Crippen molar-refractivity contribution in [2.24, 2.45) is 5.92 Å². The maximum absolute atomic E-state index is 12.7. The molecule has 2 aromatic rings. The zero-order valence-corrected chi connectivity index (χ0v) is 22.0. The molecule has 3 heterocycles. The van der Waals surface area contributed by atoms with Crippen molar-refractivity contribution >= 4 is 11.7 Å². The van der Waals surface area contributed by atoms with Crippen molar-refractivity contribution in [2.45, 2.75) is 77.2 Å². The first-order valence-electron chi connectivity index (χ1n) is 13.6. The Balaban J connectivity index is 1.29. The van der Waals surface area contributed by atoms with Crippen LogP contribution in [-0.4, -0.2) is 65.2 Å². The molecule has 194 valence electrons. The number of carbonyl (C=O) groups is 1. The number of hydrogen-bond donors (Lipinski definition) is 2. The SMILES string of the molecule is CCN(CC)C(=O)c1ccc(C2CCC3NNC(c4cc(N5C[C@@H](C)O[C@@H](C)C5)ncn4)C3C2)cc1. The average Bonchev–Trinajstić information content (AvgIpc) is 3.32. The number of rotatable bonds is 6. The molecule has 36 heavy (non-hydrogen) atoms. The van der Waals surface area contributed by atoms with Crippen LogP contribution in [0.4, 0.5) is 5.82 Å². The Morgan fingerprint density at radius 3 is 2.47 bits per heavy atom. The third-order valence-electron chi connectivity index (χ3n) is 8.17. The van der Waals surface area contributed by atoms with Crippen LogP contribution in [0.5, 0.6) is 0 Å². The Morgan fingerprint density at radius 2 is 1.78 bits per heavy atom. The van der Waals surface area contributed by atoms with Crippen molar-refractivity contribution in [3.63, 3.8) is 0 Å². The first kappa shape index (κ1) is 25.1. The van der Waals surface area contributed by atoms with Gasteiger partial charge < -0.3 is 14.5 Å². The second-order valence-electron chi connectivity index (χ2n) is 10.6. The van der Waals surface area contributed by atoms with E-state index < -0.39 is 0 Å². The van der Waals surface area contributed by atoms with E-state index in [9.17, 15) is 4.79 Å². The number of benzene rings is 1. The Bertz CT molecular complexity index is 1030. The number of amides is 1. The second-order valence-corrected chi connectivity index (χ2v) is 10.6. The van der Waals surface area contributed by atoms with Crippen LogP contribution in [0, 0.1) is 5.92 Å². The summed E-state index contributed by atoms with van der Waals surface area (Å²) >= 11 is 0. The Kier molecular flexibility index (Phi) is 7.55. The second kappa shape index (κ2) is 10.8. The lowest BCUT2D eigenvalue weighted by molar-refractivity contribution is -0.00547. The van der Waals surface area contributed by atoms with Crippen LogP contribution in [0.25, 0.3) is 0 Å². The molecule has 1 amide bonds. The molecule has 8 nitrogen and oxygen atoms in total. The molecule has 3 aliphatic rings. The zero-order chi connectivity index (χ0) is 25.2. The van der Waals surface area contributed by atoms with Crippen molar-refractivity contribution in [1.82, 2.24) is 25.7 Å². The van der Waals surface area contributed by atoms with Crippen molar-refractivity contribution in [3.8, 4) is 0 Å². The molecular weight excluding hydrogens is 452 g/mol. The first-order valence-corrected chi connectivity index (χ1v) is 13.6. The Morgan fingerprint density at radius 1 is 1.06 bits per heavy atom. The minimum atomic E-state index is 0.114. The normalized spacial score (nSPS) is 30.2. The van der Waals surface area contributed by atoms with Crippen LogP contribution in [0.2, 0.25) is 0 Å². The lowest BCUT2D eigenvalue weighted by Crippen LogP contribution is -2.46. The summed E-state index contributed by atoms with van der Waals surface area (Å²) in [5.74, 6) is 2.03. The summed E-state index contributed by atoms with van der Waals surface area (Å²) in [5.41, 5.74) is 10.3. The van der Waals surface area contributed by atoms with E-state index in [0.717, 1.165) is 62.5 Å². The quantitative estimate of drug-likeness (QED) is 0.637. The molecule has 1 aliphatic carbocycles. The number of anilines is 1. The third kappa shape index (κ3) is 5.12. The van der Waals surface area contributed by atoms with Gasteiger partial charge in [0.05, 0.1) is 23.9 Å². The van der Waals surface area contributed by atoms with Gasteiger partial charge in [-0.2, -0.15) is 0 Å². The molecule has 5 rings (SSSR count). The van der Waals surface area contributed by atoms with Crippen LogP contribution in [0.3, 0.4) is 0 Å². The van der Waals surface area contributed by atoms with E-state index in [-0.39, 0.29) is 24.2 Å². The number of morpholine rings is 1. The van der Waals surface area contributed by atoms with E-state index in [1.54, 1.807) is 6.33 Å². The van der Waals surface area contributed by atoms with Gasteiger partial charge in [0.1, 0.15) is 12.1 Å². The van der Waals surface area contributed by atoms with Crippen molar-refractivity contribution in [2.75, 3.05) is 31.1 Å². The number of carbonyl (C=O) groups excluding carboxylic acids is 1. The lowest BCUT2D eigenvalue weighted by atomic mass is 9.73. The van der Waals surface area contributed by atoms with Gasteiger partial charge in [0.15, 0.2) is 0 Å². The van der Waals surface area contributed by atoms with E-state index in [2.05, 4.69) is 52.8 Å². The first-order chi connectivity index (χ1) is 17.5. The van der Waals surface area contributed by atoms with Gasteiger partial charge in [-0.3, -0.25) is 10.2 Å². The molecule has 2 aliphatic heterocycles. The molecule has 2 N–H and O–H groups in total. The predicted octanol–water partition coefficient (Wildman–Crippen LogP) is 3.67. The standard InChI is InChI=1S/C28H40N6O2/c1-5-33(6-2)28(35)21-9-7-20(8-10-21)22-11-12-24-23(13-22)27(32-31-24)25-14-26(30-17-29-25)34-15-18(3)36-19(4)16-34/h7-10,14,17-19,22-24,27,31-32H,5-6,11-13,15-16H2,1-4H3/t18-,19+,22?,23?,24?,27?. The topological polar surface area (TPSA) is 82.6 Å². The van der Waals surface area contributed by atoms with Gasteiger partial charge in [-0.1, -0.05) is 12.1 Å². The Hall–Kier alpha value is -2.55. The maximum Gasteiger partial charge on any atom is 0.253 e. The lowest BCUT2D eigenvalue weighted by Gasteiger charge is -2.36. The number of hydrazine groups is 1. The molecule has 0 bridgehead atoms. The molecule has 4 unspecified atom stereocenters. The molecule has 1 saturated carbocycles. The van der Waals surface area contributed by atoms with Gasteiger partial charge >= 0.3 is 0 Å². The van der Waals surface area contributed by atoms with Crippen LogP contribution in [0.1, 0.15) is 80.5 Å². The minimum Gasteiger partial charge on any atom is -0.372 e. The third-order valence-corrected chi connectivity index (χ3v) is 8.17. The van der Waals surface area contributed by atoms with Crippen LogP contribution in [-0.2, 0) is 4.74 Å². The summed E-state index contributed by atoms with van der Waals surface area (Å²) in [6, 6.07) is 11.1. The van der Waals surface area contributed by atoms with Crippen LogP contribution >= 0.6 is 0 Å². The molecular formula is C28H40N6O2. The highest BCUT2D eigenvalue weighted by atomic mass is 16.5. The van der Waals surface area contributed by atoms with Gasteiger partial charge in [-0.05, 0) is 76.5 Å². The molecule has 8 heteroatoms. The minimum absolute atomic E-state index is 0.114. The highest BCUT2D eigenvalue weighted by Crippen LogP contribution is 2.44. The monoisotopic (exact) mass is 492 g/mol. The number of hydrogen-bond acceptors (Lipinski definition) is 7. The van der Waals surface area contributed by atoms with E-state index in [1.807, 2.05) is 30.9 Å². The molecule has 1 aromatic carbocycles. The van der Waals surface area contributed by atoms with E-state index >= 15 is 0 Å². The van der Waals surface area contributed by atoms with Gasteiger partial charge in [-0.15, -0.1) is 0 Å². The fourth-order valence-electron chi connectivity index (χ4n) is 6.31.